The number of Topliss-reactive ketones (excluding diaryl/α,β-unsaturated/α-hetero) is 1. The summed E-state index contributed by atoms with van der Waals surface area (Å²) in [4.78, 5) is 11.9. The Morgan fingerprint density at radius 1 is 1.27 bits per heavy atom. The third kappa shape index (κ3) is 4.33. The zero-order valence-corrected chi connectivity index (χ0v) is 10.2. The van der Waals surface area contributed by atoms with Crippen LogP contribution < -0.4 is 5.73 Å². The van der Waals surface area contributed by atoms with Gasteiger partial charge >= 0.3 is 0 Å². The molecule has 0 radical (unpaired) electrons. The highest BCUT2D eigenvalue weighted by Gasteiger charge is 2.25. The lowest BCUT2D eigenvalue weighted by molar-refractivity contribution is -0.123. The van der Waals surface area contributed by atoms with Crippen LogP contribution in [0.4, 0.5) is 0 Å². The van der Waals surface area contributed by atoms with Gasteiger partial charge in [-0.1, -0.05) is 26.7 Å². The van der Waals surface area contributed by atoms with Gasteiger partial charge in [0, 0.05) is 12.3 Å². The molecule has 1 saturated carbocycles. The van der Waals surface area contributed by atoms with Gasteiger partial charge in [-0.05, 0) is 37.6 Å². The monoisotopic (exact) mass is 211 g/mol. The molecule has 1 rings (SSSR count). The molecule has 15 heavy (non-hydrogen) atoms. The fourth-order valence-corrected chi connectivity index (χ4v) is 2.43. The van der Waals surface area contributed by atoms with E-state index in [4.69, 9.17) is 5.73 Å². The zero-order chi connectivity index (χ0) is 11.3. The van der Waals surface area contributed by atoms with Gasteiger partial charge in [-0.3, -0.25) is 4.79 Å². The first-order chi connectivity index (χ1) is 7.05. The highest BCUT2D eigenvalue weighted by molar-refractivity contribution is 5.81. The Labute approximate surface area is 93.6 Å². The normalized spacial score (nSPS) is 18.3. The molecule has 0 saturated heterocycles. The van der Waals surface area contributed by atoms with Crippen molar-refractivity contribution >= 4 is 5.78 Å². The fourth-order valence-electron chi connectivity index (χ4n) is 2.43. The molecule has 0 bridgehead atoms. The van der Waals surface area contributed by atoms with Gasteiger partial charge in [0.1, 0.15) is 5.78 Å². The van der Waals surface area contributed by atoms with E-state index in [1.165, 1.54) is 12.8 Å². The molecule has 2 nitrogen and oxygen atoms in total. The van der Waals surface area contributed by atoms with Crippen LogP contribution in [0.25, 0.3) is 0 Å². The number of ketones is 1. The van der Waals surface area contributed by atoms with Crippen molar-refractivity contribution in [1.82, 2.24) is 0 Å². The van der Waals surface area contributed by atoms with Gasteiger partial charge in [0.05, 0.1) is 0 Å². The summed E-state index contributed by atoms with van der Waals surface area (Å²) in [5.74, 6) is 0.885. The number of hydrogen-bond acceptors (Lipinski definition) is 2. The van der Waals surface area contributed by atoms with Crippen molar-refractivity contribution in [3.05, 3.63) is 0 Å². The van der Waals surface area contributed by atoms with E-state index in [2.05, 4.69) is 13.8 Å². The van der Waals surface area contributed by atoms with Crippen molar-refractivity contribution in [2.75, 3.05) is 6.54 Å². The van der Waals surface area contributed by atoms with Crippen LogP contribution in [0, 0.1) is 11.3 Å². The first-order valence-corrected chi connectivity index (χ1v) is 6.28. The molecule has 0 heterocycles. The molecule has 2 N–H and O–H groups in total. The van der Waals surface area contributed by atoms with Gasteiger partial charge in [-0.15, -0.1) is 0 Å². The van der Waals surface area contributed by atoms with Crippen molar-refractivity contribution in [1.29, 1.82) is 0 Å². The third-order valence-corrected chi connectivity index (χ3v) is 3.68. The van der Waals surface area contributed by atoms with E-state index in [0.29, 0.717) is 11.7 Å². The third-order valence-electron chi connectivity index (χ3n) is 3.68. The molecule has 1 aliphatic rings. The SMILES string of the molecule is CC(C)(CCN)CCC(=O)C1CCCC1. The standard InChI is InChI=1S/C13H25NO/c1-13(2,9-10-14)8-7-12(15)11-5-3-4-6-11/h11H,3-10,14H2,1-2H3. The molecule has 0 amide bonds. The molecule has 0 aromatic heterocycles. The van der Waals surface area contributed by atoms with E-state index in [-0.39, 0.29) is 5.41 Å². The van der Waals surface area contributed by atoms with Gasteiger partial charge in [0.25, 0.3) is 0 Å². The van der Waals surface area contributed by atoms with Crippen molar-refractivity contribution in [3.8, 4) is 0 Å². The van der Waals surface area contributed by atoms with Gasteiger partial charge in [-0.25, -0.2) is 0 Å². The second-order valence-electron chi connectivity index (χ2n) is 5.65. The molecule has 0 aromatic carbocycles. The molecule has 1 fully saturated rings. The molecule has 0 spiro atoms. The van der Waals surface area contributed by atoms with Crippen LogP contribution in [-0.2, 0) is 4.79 Å². The average Bonchev–Trinajstić information content (AvgIpc) is 2.67. The first kappa shape index (κ1) is 12.7. The minimum absolute atomic E-state index is 0.239. The lowest BCUT2D eigenvalue weighted by Gasteiger charge is -2.23. The smallest absolute Gasteiger partial charge is 0.135 e. The van der Waals surface area contributed by atoms with Crippen LogP contribution in [0.1, 0.15) is 58.8 Å². The Kier molecular flexibility index (Phi) is 4.78. The molecular weight excluding hydrogens is 186 g/mol. The Morgan fingerprint density at radius 3 is 2.40 bits per heavy atom. The van der Waals surface area contributed by atoms with Crippen molar-refractivity contribution < 1.29 is 4.79 Å². The van der Waals surface area contributed by atoms with E-state index < -0.39 is 0 Å². The Bertz CT molecular complexity index is 205. The number of carbonyl (C=O) groups is 1. The highest BCUT2D eigenvalue weighted by atomic mass is 16.1. The average molecular weight is 211 g/mol. The summed E-state index contributed by atoms with van der Waals surface area (Å²) in [6.07, 6.45) is 7.56. The minimum Gasteiger partial charge on any atom is -0.330 e. The lowest BCUT2D eigenvalue weighted by Crippen LogP contribution is -2.20. The summed E-state index contributed by atoms with van der Waals surface area (Å²) < 4.78 is 0. The summed E-state index contributed by atoms with van der Waals surface area (Å²) in [6.45, 7) is 5.15. The maximum atomic E-state index is 11.9. The van der Waals surface area contributed by atoms with E-state index >= 15 is 0 Å². The van der Waals surface area contributed by atoms with Crippen LogP contribution in [0.3, 0.4) is 0 Å². The quantitative estimate of drug-likeness (QED) is 0.734. The molecule has 88 valence electrons. The summed E-state index contributed by atoms with van der Waals surface area (Å²) in [5, 5.41) is 0. The Hall–Kier alpha value is -0.370. The van der Waals surface area contributed by atoms with E-state index in [1.54, 1.807) is 0 Å². The second kappa shape index (κ2) is 5.64. The van der Waals surface area contributed by atoms with Crippen molar-refractivity contribution in [2.45, 2.75) is 58.8 Å². The number of hydrogen-bond donors (Lipinski definition) is 1. The molecular formula is C13H25NO. The topological polar surface area (TPSA) is 43.1 Å². The Morgan fingerprint density at radius 2 is 1.87 bits per heavy atom. The molecule has 2 heteroatoms. The largest absolute Gasteiger partial charge is 0.330 e. The zero-order valence-electron chi connectivity index (χ0n) is 10.2. The van der Waals surface area contributed by atoms with Crippen LogP contribution in [0.15, 0.2) is 0 Å². The van der Waals surface area contributed by atoms with Gasteiger partial charge in [0.15, 0.2) is 0 Å². The first-order valence-electron chi connectivity index (χ1n) is 6.28. The lowest BCUT2D eigenvalue weighted by atomic mass is 9.82. The predicted molar refractivity (Wildman–Crippen MR) is 63.7 cm³/mol. The van der Waals surface area contributed by atoms with E-state index in [0.717, 1.165) is 38.6 Å². The molecule has 0 aromatic rings. The Balaban J connectivity index is 2.26. The molecule has 0 unspecified atom stereocenters. The van der Waals surface area contributed by atoms with Gasteiger partial charge in [-0.2, -0.15) is 0 Å². The number of nitrogens with two attached hydrogens (primary N) is 1. The summed E-state index contributed by atoms with van der Waals surface area (Å²) in [5.41, 5.74) is 5.80. The predicted octanol–water partition coefficient (Wildman–Crippen LogP) is 2.90. The minimum atomic E-state index is 0.239. The summed E-state index contributed by atoms with van der Waals surface area (Å²) >= 11 is 0. The van der Waals surface area contributed by atoms with Crippen LogP contribution in [0.2, 0.25) is 0 Å². The van der Waals surface area contributed by atoms with E-state index in [1.807, 2.05) is 0 Å². The second-order valence-corrected chi connectivity index (χ2v) is 5.65. The van der Waals surface area contributed by atoms with Crippen molar-refractivity contribution in [3.63, 3.8) is 0 Å². The maximum absolute atomic E-state index is 11.9. The maximum Gasteiger partial charge on any atom is 0.135 e. The van der Waals surface area contributed by atoms with Crippen molar-refractivity contribution in [2.24, 2.45) is 17.1 Å². The van der Waals surface area contributed by atoms with Crippen LogP contribution >= 0.6 is 0 Å². The molecule has 0 aliphatic heterocycles. The van der Waals surface area contributed by atoms with E-state index in [9.17, 15) is 4.79 Å². The summed E-state index contributed by atoms with van der Waals surface area (Å²) in [6, 6.07) is 0. The number of rotatable bonds is 6. The number of carbonyl (C=O) groups excluding carboxylic acids is 1. The molecule has 0 atom stereocenters. The summed E-state index contributed by atoms with van der Waals surface area (Å²) in [7, 11) is 0. The van der Waals surface area contributed by atoms with Gasteiger partial charge < -0.3 is 5.73 Å². The molecule has 1 aliphatic carbocycles. The highest BCUT2D eigenvalue weighted by Crippen LogP contribution is 2.30. The van der Waals surface area contributed by atoms with Crippen LogP contribution in [-0.4, -0.2) is 12.3 Å². The van der Waals surface area contributed by atoms with Gasteiger partial charge in [0.2, 0.25) is 0 Å². The fraction of sp³-hybridized carbons (Fsp3) is 0.923. The van der Waals surface area contributed by atoms with Crippen LogP contribution in [0.5, 0.6) is 0 Å².